The van der Waals surface area contributed by atoms with Gasteiger partial charge in [0.2, 0.25) is 5.91 Å². The van der Waals surface area contributed by atoms with Crippen molar-refractivity contribution < 1.29 is 13.9 Å². The van der Waals surface area contributed by atoms with Crippen molar-refractivity contribution in [1.29, 1.82) is 0 Å². The van der Waals surface area contributed by atoms with E-state index >= 15 is 0 Å². The summed E-state index contributed by atoms with van der Waals surface area (Å²) >= 11 is 0. The molecule has 0 unspecified atom stereocenters. The molecule has 1 fully saturated rings. The third-order valence-corrected chi connectivity index (χ3v) is 4.99. The first kappa shape index (κ1) is 25.7. The minimum Gasteiger partial charge on any atom is -0.467 e. The fourth-order valence-corrected chi connectivity index (χ4v) is 3.28. The van der Waals surface area contributed by atoms with Gasteiger partial charge in [-0.3, -0.25) is 9.79 Å². The van der Waals surface area contributed by atoms with E-state index in [-0.39, 0.29) is 35.8 Å². The summed E-state index contributed by atoms with van der Waals surface area (Å²) < 4.78 is 10.8. The third-order valence-electron chi connectivity index (χ3n) is 4.99. The number of amides is 1. The molecule has 166 valence electrons. The minimum atomic E-state index is -0.146. The molecule has 9 heteroatoms. The molecule has 1 saturated heterocycles. The van der Waals surface area contributed by atoms with Crippen molar-refractivity contribution in [2.24, 2.45) is 16.6 Å². The highest BCUT2D eigenvalue weighted by molar-refractivity contribution is 14.0. The highest BCUT2D eigenvalue weighted by atomic mass is 127. The number of halogens is 1. The fourth-order valence-electron chi connectivity index (χ4n) is 3.28. The molecule has 29 heavy (non-hydrogen) atoms. The van der Waals surface area contributed by atoms with Crippen molar-refractivity contribution in [1.82, 2.24) is 15.5 Å². The van der Waals surface area contributed by atoms with Crippen LogP contribution in [0.4, 0.5) is 0 Å². The van der Waals surface area contributed by atoms with E-state index in [2.05, 4.69) is 20.5 Å². The van der Waals surface area contributed by atoms with Gasteiger partial charge >= 0.3 is 0 Å². The van der Waals surface area contributed by atoms with Gasteiger partial charge in [-0.25, -0.2) is 0 Å². The summed E-state index contributed by atoms with van der Waals surface area (Å²) in [4.78, 5) is 17.9. The minimum absolute atomic E-state index is 0. The number of carbonyl (C=O) groups is 1. The van der Waals surface area contributed by atoms with Crippen LogP contribution in [-0.2, 0) is 16.1 Å². The number of guanidine groups is 1. The van der Waals surface area contributed by atoms with Crippen LogP contribution < -0.4 is 16.4 Å². The van der Waals surface area contributed by atoms with Crippen molar-refractivity contribution >= 4 is 35.8 Å². The number of rotatable bonds is 12. The molecule has 0 spiro atoms. The number of ether oxygens (including phenoxy) is 1. The topological polar surface area (TPSA) is 105 Å². The molecule has 0 saturated carbocycles. The average Bonchev–Trinajstić information content (AvgIpc) is 3.22. The predicted molar refractivity (Wildman–Crippen MR) is 125 cm³/mol. The number of unbranched alkanes of at least 4 members (excludes halogenated alkanes) is 1. The number of hydrogen-bond acceptors (Lipinski definition) is 5. The highest BCUT2D eigenvalue weighted by Crippen LogP contribution is 2.16. The Balaban J connectivity index is 0.00000420. The van der Waals surface area contributed by atoms with Crippen LogP contribution in [0.25, 0.3) is 0 Å². The number of likely N-dealkylation sites (tertiary alicyclic amines) is 1. The number of carbonyl (C=O) groups excluding carboxylic acids is 1. The van der Waals surface area contributed by atoms with Gasteiger partial charge in [0.15, 0.2) is 5.96 Å². The van der Waals surface area contributed by atoms with Crippen LogP contribution in [0, 0.1) is 5.92 Å². The van der Waals surface area contributed by atoms with Crippen LogP contribution in [0.3, 0.4) is 0 Å². The quantitative estimate of drug-likeness (QED) is 0.168. The summed E-state index contributed by atoms with van der Waals surface area (Å²) in [6.07, 6.45) is 6.57. The van der Waals surface area contributed by atoms with E-state index in [1.807, 2.05) is 12.1 Å². The molecule has 1 aromatic heterocycles. The molecule has 1 aliphatic rings. The van der Waals surface area contributed by atoms with Crippen LogP contribution in [0.5, 0.6) is 0 Å². The summed E-state index contributed by atoms with van der Waals surface area (Å²) in [6.45, 7) is 5.93. The van der Waals surface area contributed by atoms with E-state index in [0.717, 1.165) is 76.5 Å². The van der Waals surface area contributed by atoms with E-state index in [0.29, 0.717) is 13.2 Å². The van der Waals surface area contributed by atoms with E-state index in [1.54, 1.807) is 13.3 Å². The number of hydrogen-bond donors (Lipinski definition) is 3. The summed E-state index contributed by atoms with van der Waals surface area (Å²) in [7, 11) is 1.78. The van der Waals surface area contributed by atoms with Crippen LogP contribution in [-0.4, -0.2) is 63.1 Å². The first-order valence-corrected chi connectivity index (χ1v) is 10.3. The molecular weight excluding hydrogens is 485 g/mol. The zero-order valence-electron chi connectivity index (χ0n) is 17.4. The van der Waals surface area contributed by atoms with Gasteiger partial charge in [-0.2, -0.15) is 0 Å². The van der Waals surface area contributed by atoms with Crippen LogP contribution in [0.15, 0.2) is 27.8 Å². The van der Waals surface area contributed by atoms with Gasteiger partial charge in [0, 0.05) is 32.7 Å². The van der Waals surface area contributed by atoms with E-state index in [1.165, 1.54) is 0 Å². The van der Waals surface area contributed by atoms with Crippen molar-refractivity contribution in [2.75, 3.05) is 46.4 Å². The zero-order valence-corrected chi connectivity index (χ0v) is 19.7. The van der Waals surface area contributed by atoms with Crippen LogP contribution >= 0.6 is 24.0 Å². The van der Waals surface area contributed by atoms with Crippen molar-refractivity contribution in [3.8, 4) is 0 Å². The van der Waals surface area contributed by atoms with Crippen LogP contribution in [0.2, 0.25) is 0 Å². The lowest BCUT2D eigenvalue weighted by Gasteiger charge is -2.30. The number of piperidine rings is 1. The normalized spacial score (nSPS) is 15.7. The number of aliphatic imine (C=N–C) groups is 1. The molecule has 0 bridgehead atoms. The maximum absolute atomic E-state index is 11.2. The van der Waals surface area contributed by atoms with Crippen molar-refractivity contribution in [2.45, 2.75) is 38.7 Å². The summed E-state index contributed by atoms with van der Waals surface area (Å²) in [5, 5.41) is 6.65. The average molecular weight is 521 g/mol. The number of nitrogens with one attached hydrogen (secondary N) is 2. The van der Waals surface area contributed by atoms with Gasteiger partial charge in [-0.05, 0) is 63.9 Å². The Labute approximate surface area is 191 Å². The molecule has 0 aliphatic carbocycles. The molecule has 2 heterocycles. The zero-order chi connectivity index (χ0) is 20.0. The first-order chi connectivity index (χ1) is 13.7. The lowest BCUT2D eigenvalue weighted by Crippen LogP contribution is -2.40. The van der Waals surface area contributed by atoms with E-state index < -0.39 is 0 Å². The predicted octanol–water partition coefficient (Wildman–Crippen LogP) is 1.95. The van der Waals surface area contributed by atoms with Crippen molar-refractivity contribution in [3.63, 3.8) is 0 Å². The van der Waals surface area contributed by atoms with Gasteiger partial charge in [0.25, 0.3) is 0 Å². The Kier molecular flexibility index (Phi) is 13.7. The Morgan fingerprint density at radius 1 is 1.28 bits per heavy atom. The monoisotopic (exact) mass is 521 g/mol. The smallest absolute Gasteiger partial charge is 0.220 e. The molecule has 8 nitrogen and oxygen atoms in total. The van der Waals surface area contributed by atoms with Crippen LogP contribution in [0.1, 0.15) is 37.9 Å². The molecule has 0 radical (unpaired) electrons. The molecule has 1 amide bonds. The third kappa shape index (κ3) is 10.9. The molecule has 0 aromatic carbocycles. The summed E-state index contributed by atoms with van der Waals surface area (Å²) in [5.41, 5.74) is 5.38. The molecule has 1 aromatic rings. The first-order valence-electron chi connectivity index (χ1n) is 10.3. The number of furan rings is 1. The van der Waals surface area contributed by atoms with Gasteiger partial charge in [-0.15, -0.1) is 24.0 Å². The molecule has 1 aliphatic heterocycles. The second-order valence-electron chi connectivity index (χ2n) is 7.14. The lowest BCUT2D eigenvalue weighted by atomic mass is 9.96. The lowest BCUT2D eigenvalue weighted by molar-refractivity contribution is -0.123. The number of primary amides is 1. The highest BCUT2D eigenvalue weighted by Gasteiger charge is 2.22. The second kappa shape index (κ2) is 15.5. The molecule has 2 rings (SSSR count). The maximum atomic E-state index is 11.2. The molecular formula is C20H36IN5O3. The Morgan fingerprint density at radius 2 is 2.00 bits per heavy atom. The van der Waals surface area contributed by atoms with Gasteiger partial charge in [0.1, 0.15) is 12.4 Å². The SMILES string of the molecule is CN=C(NCCCCN1CCC(C(N)=O)CC1)NCCCOCc1ccco1.I. The van der Waals surface area contributed by atoms with E-state index in [4.69, 9.17) is 14.9 Å². The van der Waals surface area contributed by atoms with Crippen molar-refractivity contribution in [3.05, 3.63) is 24.2 Å². The Hall–Kier alpha value is -1.33. The van der Waals surface area contributed by atoms with Gasteiger partial charge in [-0.1, -0.05) is 0 Å². The molecule has 0 atom stereocenters. The van der Waals surface area contributed by atoms with Gasteiger partial charge in [0.05, 0.1) is 6.26 Å². The number of nitrogens with two attached hydrogens (primary N) is 1. The molecule has 4 N–H and O–H groups in total. The summed E-state index contributed by atoms with van der Waals surface area (Å²) in [6, 6.07) is 3.77. The fraction of sp³-hybridized carbons (Fsp3) is 0.700. The second-order valence-corrected chi connectivity index (χ2v) is 7.14. The number of nitrogens with zero attached hydrogens (tertiary/aromatic N) is 2. The summed E-state index contributed by atoms with van der Waals surface area (Å²) in [5.74, 6) is 1.60. The van der Waals surface area contributed by atoms with Gasteiger partial charge < -0.3 is 30.4 Å². The Bertz CT molecular complexity index is 575. The standard InChI is InChI=1S/C20H35N5O3.HI/c1-22-20(24-10-5-14-27-16-18-6-4-15-28-18)23-9-2-3-11-25-12-7-17(8-13-25)19(21)26;/h4,6,15,17H,2-3,5,7-14,16H2,1H3,(H2,21,26)(H2,22,23,24);1H. The van der Waals surface area contributed by atoms with E-state index in [9.17, 15) is 4.79 Å². The largest absolute Gasteiger partial charge is 0.467 e. The maximum Gasteiger partial charge on any atom is 0.220 e. The Morgan fingerprint density at radius 3 is 2.62 bits per heavy atom.